The maximum absolute atomic E-state index is 10.8. The molecule has 1 aliphatic rings. The number of hydrogen-bond donors (Lipinski definition) is 0. The van der Waals surface area contributed by atoms with E-state index in [1.165, 1.54) is 0 Å². The van der Waals surface area contributed by atoms with Crippen LogP contribution in [0.2, 0.25) is 0 Å². The van der Waals surface area contributed by atoms with E-state index in [0.717, 1.165) is 37.0 Å². The maximum Gasteiger partial charge on any atom is 1.00 e. The molecule has 0 spiro atoms. The van der Waals surface area contributed by atoms with Crippen LogP contribution in [0.25, 0.3) is 0 Å². The Morgan fingerprint density at radius 3 is 2.45 bits per heavy atom. The first-order valence-corrected chi connectivity index (χ1v) is 7.21. The second-order valence-electron chi connectivity index (χ2n) is 5.25. The van der Waals surface area contributed by atoms with Crippen LogP contribution >= 0.6 is 0 Å². The number of rotatable bonds is 9. The zero-order valence-electron chi connectivity index (χ0n) is 13.0. The summed E-state index contributed by atoms with van der Waals surface area (Å²) >= 11 is 0. The average Bonchev–Trinajstić information content (AvgIpc) is 3.28. The van der Waals surface area contributed by atoms with Crippen LogP contribution in [0.1, 0.15) is 37.7 Å². The van der Waals surface area contributed by atoms with Gasteiger partial charge in [0.2, 0.25) is 0 Å². The molecule has 1 atom stereocenters. The van der Waals surface area contributed by atoms with Crippen molar-refractivity contribution in [1.82, 2.24) is 0 Å². The van der Waals surface area contributed by atoms with E-state index in [9.17, 15) is 9.90 Å². The molecule has 1 aliphatic heterocycles. The molecule has 0 bridgehead atoms. The van der Waals surface area contributed by atoms with Gasteiger partial charge in [-0.25, -0.2) is 0 Å². The van der Waals surface area contributed by atoms with Gasteiger partial charge in [0.1, 0.15) is 11.4 Å². The number of aliphatic carboxylic acids is 1. The van der Waals surface area contributed by atoms with Crippen LogP contribution < -0.4 is 39.4 Å². The zero-order valence-corrected chi connectivity index (χ0v) is 15.0. The molecule has 0 aromatic heterocycles. The Bertz CT molecular complexity index is 514. The molecular formula is C17H19NaO4. The van der Waals surface area contributed by atoms with E-state index in [4.69, 9.17) is 15.9 Å². The number of carbonyl (C=O) groups is 1. The van der Waals surface area contributed by atoms with Gasteiger partial charge in [-0.1, -0.05) is 25.2 Å². The van der Waals surface area contributed by atoms with E-state index in [1.54, 1.807) is 0 Å². The number of benzene rings is 1. The summed E-state index contributed by atoms with van der Waals surface area (Å²) in [5.74, 6) is 2.29. The number of carboxylic acids is 1. The molecule has 1 fully saturated rings. The van der Waals surface area contributed by atoms with Crippen molar-refractivity contribution in [3.05, 3.63) is 29.8 Å². The van der Waals surface area contributed by atoms with Crippen molar-refractivity contribution in [2.45, 2.75) is 37.7 Å². The van der Waals surface area contributed by atoms with E-state index < -0.39 is 11.6 Å². The fourth-order valence-electron chi connectivity index (χ4n) is 2.15. The molecule has 2 rings (SSSR count). The molecule has 0 aliphatic carbocycles. The zero-order chi connectivity index (χ0) is 15.1. The first-order chi connectivity index (χ1) is 10.2. The number of hydrogen-bond acceptors (Lipinski definition) is 4. The molecule has 4 nitrogen and oxygen atoms in total. The predicted octanol–water partition coefficient (Wildman–Crippen LogP) is -1.48. The third-order valence-electron chi connectivity index (χ3n) is 3.63. The topological polar surface area (TPSA) is 61.9 Å². The number of terminal acetylenes is 1. The summed E-state index contributed by atoms with van der Waals surface area (Å²) in [4.78, 5) is 10.8. The third kappa shape index (κ3) is 5.66. The summed E-state index contributed by atoms with van der Waals surface area (Å²) in [5, 5.41) is 10.8. The minimum absolute atomic E-state index is 0. The molecule has 1 aromatic rings. The molecule has 0 amide bonds. The molecule has 5 heteroatoms. The van der Waals surface area contributed by atoms with Crippen LogP contribution in [0.15, 0.2) is 24.3 Å². The molecule has 1 unspecified atom stereocenters. The number of ether oxygens (including phenoxy) is 2. The van der Waals surface area contributed by atoms with Crippen molar-refractivity contribution in [3.8, 4) is 18.1 Å². The van der Waals surface area contributed by atoms with E-state index >= 15 is 0 Å². The predicted molar refractivity (Wildman–Crippen MR) is 76.6 cm³/mol. The Hall–Kier alpha value is -0.990. The van der Waals surface area contributed by atoms with Gasteiger partial charge in [0, 0.05) is 5.56 Å². The van der Waals surface area contributed by atoms with E-state index in [2.05, 4.69) is 5.92 Å². The maximum atomic E-state index is 10.8. The smallest absolute Gasteiger partial charge is 0.547 e. The molecule has 0 saturated carbocycles. The van der Waals surface area contributed by atoms with Crippen molar-refractivity contribution >= 4 is 5.97 Å². The third-order valence-corrected chi connectivity index (χ3v) is 3.63. The largest absolute Gasteiger partial charge is 1.00 e. The van der Waals surface area contributed by atoms with Gasteiger partial charge in [-0.2, -0.15) is 0 Å². The van der Waals surface area contributed by atoms with Gasteiger partial charge in [0.25, 0.3) is 0 Å². The molecule has 1 saturated heterocycles. The van der Waals surface area contributed by atoms with Crippen LogP contribution in [0.4, 0.5) is 0 Å². The van der Waals surface area contributed by atoms with Crippen LogP contribution in [0.5, 0.6) is 5.75 Å². The van der Waals surface area contributed by atoms with E-state index in [0.29, 0.717) is 19.6 Å². The Morgan fingerprint density at radius 1 is 1.27 bits per heavy atom. The van der Waals surface area contributed by atoms with Crippen molar-refractivity contribution in [3.63, 3.8) is 0 Å². The Morgan fingerprint density at radius 2 is 1.91 bits per heavy atom. The van der Waals surface area contributed by atoms with Crippen LogP contribution in [0.3, 0.4) is 0 Å². The van der Waals surface area contributed by atoms with Crippen molar-refractivity contribution in [2.75, 3.05) is 13.2 Å². The molecule has 1 aromatic carbocycles. The average molecular weight is 310 g/mol. The van der Waals surface area contributed by atoms with Gasteiger partial charge < -0.3 is 19.4 Å². The minimum Gasteiger partial charge on any atom is -0.547 e. The molecule has 1 heterocycles. The molecule has 22 heavy (non-hydrogen) atoms. The monoisotopic (exact) mass is 310 g/mol. The summed E-state index contributed by atoms with van der Waals surface area (Å²) in [7, 11) is 0. The van der Waals surface area contributed by atoms with E-state index in [-0.39, 0.29) is 29.6 Å². The summed E-state index contributed by atoms with van der Waals surface area (Å²) < 4.78 is 10.6. The normalized spacial score (nSPS) is 18.9. The summed E-state index contributed by atoms with van der Waals surface area (Å²) in [6.07, 6.45) is 9.58. The van der Waals surface area contributed by atoms with Gasteiger partial charge in [-0.05, 0) is 37.1 Å². The van der Waals surface area contributed by atoms with Gasteiger partial charge in [-0.15, -0.1) is 6.42 Å². The number of unbranched alkanes of at least 4 members (excludes halogenated alkanes) is 3. The molecule has 112 valence electrons. The van der Waals surface area contributed by atoms with Gasteiger partial charge >= 0.3 is 29.6 Å². The Kier molecular flexibility index (Phi) is 7.98. The minimum atomic E-state index is -1.08. The van der Waals surface area contributed by atoms with Gasteiger partial charge in [0.05, 0.1) is 19.2 Å². The fraction of sp³-hybridized carbons (Fsp3) is 0.471. The molecular weight excluding hydrogens is 291 g/mol. The number of epoxide rings is 1. The van der Waals surface area contributed by atoms with Crippen LogP contribution in [0, 0.1) is 12.3 Å². The van der Waals surface area contributed by atoms with Gasteiger partial charge in [0.15, 0.2) is 0 Å². The van der Waals surface area contributed by atoms with E-state index in [1.807, 2.05) is 24.3 Å². The first kappa shape index (κ1) is 19.1. The van der Waals surface area contributed by atoms with Crippen LogP contribution in [-0.2, 0) is 9.53 Å². The summed E-state index contributed by atoms with van der Waals surface area (Å²) in [6.45, 7) is 0.948. The Balaban J connectivity index is 0.00000242. The molecule has 0 radical (unpaired) electrons. The second-order valence-corrected chi connectivity index (χ2v) is 5.25. The fourth-order valence-corrected chi connectivity index (χ4v) is 2.15. The van der Waals surface area contributed by atoms with Gasteiger partial charge in [-0.3, -0.25) is 0 Å². The first-order valence-electron chi connectivity index (χ1n) is 7.21. The van der Waals surface area contributed by atoms with Crippen molar-refractivity contribution in [2.24, 2.45) is 0 Å². The number of carboxylic acid groups (broad SMARTS) is 1. The summed E-state index contributed by atoms with van der Waals surface area (Å²) in [5.41, 5.74) is -0.138. The van der Waals surface area contributed by atoms with Crippen molar-refractivity contribution in [1.29, 1.82) is 0 Å². The standard InChI is InChI=1S/C17H20O4.Na/c1-2-14-7-9-15(10-8-14)20-12-6-4-3-5-11-17(13-21-17)16(18)19;/h1,7-10H,3-6,11-13H2,(H,18,19);/q;+1/p-1. The Labute approximate surface area is 153 Å². The quantitative estimate of drug-likeness (QED) is 0.242. The number of carbonyl (C=O) groups excluding carboxylic acids is 1. The summed E-state index contributed by atoms with van der Waals surface area (Å²) in [6, 6.07) is 7.43. The van der Waals surface area contributed by atoms with Crippen molar-refractivity contribution < 1.29 is 48.9 Å². The van der Waals surface area contributed by atoms with Crippen LogP contribution in [-0.4, -0.2) is 24.8 Å². The SMILES string of the molecule is C#Cc1ccc(OCCCCCCC2(C(=O)[O-])CO2)cc1.[Na+]. The molecule has 0 N–H and O–H groups in total. The second kappa shape index (κ2) is 9.22.